The number of hydrogen-bond acceptors (Lipinski definition) is 3. The van der Waals surface area contributed by atoms with E-state index in [2.05, 4.69) is 6.92 Å². The molecule has 0 amide bonds. The summed E-state index contributed by atoms with van der Waals surface area (Å²) in [5, 5.41) is 0. The summed E-state index contributed by atoms with van der Waals surface area (Å²) in [5.74, 6) is 0.880. The third kappa shape index (κ3) is 2.52. The lowest BCUT2D eigenvalue weighted by atomic mass is 10.1. The minimum absolute atomic E-state index is 0.0382. The van der Waals surface area contributed by atoms with E-state index >= 15 is 0 Å². The average molecular weight is 260 g/mol. The van der Waals surface area contributed by atoms with Crippen LogP contribution in [0.5, 0.6) is 0 Å². The molecule has 1 fully saturated rings. The lowest BCUT2D eigenvalue weighted by molar-refractivity contribution is -0.147. The zero-order valence-electron chi connectivity index (χ0n) is 11.3. The van der Waals surface area contributed by atoms with Crippen molar-refractivity contribution in [1.29, 1.82) is 0 Å². The van der Waals surface area contributed by atoms with Gasteiger partial charge in [-0.3, -0.25) is 4.79 Å². The van der Waals surface area contributed by atoms with E-state index in [0.29, 0.717) is 31.7 Å². The molecule has 0 N–H and O–H groups in total. The monoisotopic (exact) mass is 260 g/mol. The van der Waals surface area contributed by atoms with Crippen molar-refractivity contribution in [2.75, 3.05) is 6.61 Å². The fourth-order valence-corrected chi connectivity index (χ4v) is 3.14. The molecule has 3 atom stereocenters. The molecule has 3 rings (SSSR count). The smallest absolute Gasteiger partial charge is 0.309 e. The second-order valence-electron chi connectivity index (χ2n) is 5.53. The lowest BCUT2D eigenvalue weighted by Crippen LogP contribution is -2.13. The van der Waals surface area contributed by atoms with Gasteiger partial charge in [-0.05, 0) is 29.4 Å². The number of carbonyl (C=O) groups excluding carboxylic acids is 1. The number of cyclic esters (lactones) is 1. The van der Waals surface area contributed by atoms with Crippen LogP contribution < -0.4 is 0 Å². The number of esters is 1. The van der Waals surface area contributed by atoms with Crippen LogP contribution in [0.25, 0.3) is 0 Å². The average Bonchev–Trinajstić information content (AvgIpc) is 3.11. The van der Waals surface area contributed by atoms with Crippen molar-refractivity contribution in [2.45, 2.75) is 33.0 Å². The summed E-state index contributed by atoms with van der Waals surface area (Å²) in [4.78, 5) is 12.1. The third-order valence-electron chi connectivity index (χ3n) is 4.28. The highest BCUT2D eigenvalue weighted by Gasteiger charge is 2.54. The van der Waals surface area contributed by atoms with E-state index in [-0.39, 0.29) is 11.9 Å². The molecule has 0 aromatic heterocycles. The van der Waals surface area contributed by atoms with E-state index in [1.165, 1.54) is 0 Å². The number of hydrogen-bond donors (Lipinski definition) is 0. The van der Waals surface area contributed by atoms with Crippen LogP contribution in [0, 0.1) is 17.8 Å². The highest BCUT2D eigenvalue weighted by molar-refractivity contribution is 5.76. The molecule has 0 bridgehead atoms. The van der Waals surface area contributed by atoms with Crippen molar-refractivity contribution in [3.8, 4) is 0 Å². The molecule has 2 aliphatic rings. The zero-order chi connectivity index (χ0) is 13.2. The van der Waals surface area contributed by atoms with Gasteiger partial charge in [0.25, 0.3) is 0 Å². The molecule has 0 saturated heterocycles. The van der Waals surface area contributed by atoms with Gasteiger partial charge in [-0.1, -0.05) is 37.6 Å². The van der Waals surface area contributed by atoms with Crippen LogP contribution in [0.2, 0.25) is 0 Å². The molecule has 0 radical (unpaired) electrons. The van der Waals surface area contributed by atoms with E-state index in [1.54, 1.807) is 0 Å². The number of rotatable bonds is 2. The van der Waals surface area contributed by atoms with Crippen molar-refractivity contribution in [1.82, 2.24) is 0 Å². The standard InChI is InChI=1S/C16H20O3/c1-2-5-13-14-10-18-8-11-6-3-4-7-12(11)9-19-16(17)15(13)14/h3-4,6-7,13-15H,2,5,8-10H2,1H3/t13-,14+,15-/m0/s1. The summed E-state index contributed by atoms with van der Waals surface area (Å²) in [6, 6.07) is 8.01. The number of carbonyl (C=O) groups is 1. The molecule has 0 unspecified atom stereocenters. The Balaban J connectivity index is 1.74. The molecule has 19 heavy (non-hydrogen) atoms. The molecular formula is C16H20O3. The topological polar surface area (TPSA) is 35.5 Å². The van der Waals surface area contributed by atoms with Crippen LogP contribution in [0.15, 0.2) is 24.3 Å². The highest BCUT2D eigenvalue weighted by atomic mass is 16.5. The summed E-state index contributed by atoms with van der Waals surface area (Å²) in [6.45, 7) is 3.83. The number of ether oxygens (including phenoxy) is 2. The van der Waals surface area contributed by atoms with Gasteiger partial charge in [0.1, 0.15) is 6.61 Å². The molecular weight excluding hydrogens is 240 g/mol. The molecule has 1 aromatic rings. The summed E-state index contributed by atoms with van der Waals surface area (Å²) < 4.78 is 11.3. The van der Waals surface area contributed by atoms with E-state index in [1.807, 2.05) is 24.3 Å². The predicted octanol–water partition coefficient (Wildman–Crippen LogP) is 2.92. The summed E-state index contributed by atoms with van der Waals surface area (Å²) in [5.41, 5.74) is 2.18. The maximum absolute atomic E-state index is 12.1. The van der Waals surface area contributed by atoms with E-state index in [9.17, 15) is 4.79 Å². The summed E-state index contributed by atoms with van der Waals surface area (Å²) in [7, 11) is 0. The fourth-order valence-electron chi connectivity index (χ4n) is 3.14. The first-order chi connectivity index (χ1) is 9.31. The third-order valence-corrected chi connectivity index (χ3v) is 4.28. The number of fused-ring (bicyclic) bond motifs is 2. The van der Waals surface area contributed by atoms with Gasteiger partial charge < -0.3 is 9.47 Å². The van der Waals surface area contributed by atoms with Gasteiger partial charge in [-0.2, -0.15) is 0 Å². The molecule has 3 nitrogen and oxygen atoms in total. The molecule has 1 saturated carbocycles. The Morgan fingerprint density at radius 1 is 1.21 bits per heavy atom. The molecule has 102 valence electrons. The Kier molecular flexibility index (Phi) is 3.56. The van der Waals surface area contributed by atoms with Gasteiger partial charge >= 0.3 is 5.97 Å². The normalized spacial score (nSPS) is 29.9. The summed E-state index contributed by atoms with van der Waals surface area (Å²) in [6.07, 6.45) is 2.21. The van der Waals surface area contributed by atoms with Crippen molar-refractivity contribution in [3.05, 3.63) is 35.4 Å². The zero-order valence-corrected chi connectivity index (χ0v) is 11.3. The molecule has 3 heteroatoms. The first-order valence-electron chi connectivity index (χ1n) is 7.12. The largest absolute Gasteiger partial charge is 0.461 e. The maximum Gasteiger partial charge on any atom is 0.309 e. The number of benzene rings is 1. The SMILES string of the molecule is CCC[C@H]1[C@H]2COCc3ccccc3COC(=O)[C@H]21. The predicted molar refractivity (Wildman–Crippen MR) is 71.3 cm³/mol. The fraction of sp³-hybridized carbons (Fsp3) is 0.562. The van der Waals surface area contributed by atoms with Crippen LogP contribution in [-0.2, 0) is 27.5 Å². The van der Waals surface area contributed by atoms with Crippen LogP contribution in [0.3, 0.4) is 0 Å². The highest BCUT2D eigenvalue weighted by Crippen LogP contribution is 2.50. The van der Waals surface area contributed by atoms with Crippen LogP contribution >= 0.6 is 0 Å². The Hall–Kier alpha value is -1.35. The Morgan fingerprint density at radius 3 is 2.68 bits per heavy atom. The molecule has 1 aliphatic carbocycles. The Morgan fingerprint density at radius 2 is 1.95 bits per heavy atom. The Labute approximate surface area is 113 Å². The second kappa shape index (κ2) is 5.33. The van der Waals surface area contributed by atoms with Gasteiger partial charge in [0, 0.05) is 0 Å². The first kappa shape index (κ1) is 12.7. The minimum Gasteiger partial charge on any atom is -0.461 e. The van der Waals surface area contributed by atoms with Crippen LogP contribution in [0.1, 0.15) is 30.9 Å². The molecule has 1 heterocycles. The van der Waals surface area contributed by atoms with Gasteiger partial charge in [-0.15, -0.1) is 0 Å². The second-order valence-corrected chi connectivity index (χ2v) is 5.53. The molecule has 1 aromatic carbocycles. The van der Waals surface area contributed by atoms with Crippen LogP contribution in [0.4, 0.5) is 0 Å². The molecule has 0 spiro atoms. The van der Waals surface area contributed by atoms with Gasteiger partial charge in [0.05, 0.1) is 19.1 Å². The van der Waals surface area contributed by atoms with Crippen LogP contribution in [-0.4, -0.2) is 12.6 Å². The minimum atomic E-state index is -0.0382. The lowest BCUT2D eigenvalue weighted by Gasteiger charge is -2.12. The van der Waals surface area contributed by atoms with Crippen molar-refractivity contribution in [2.24, 2.45) is 17.8 Å². The van der Waals surface area contributed by atoms with Gasteiger partial charge in [-0.25, -0.2) is 0 Å². The quantitative estimate of drug-likeness (QED) is 0.767. The first-order valence-corrected chi connectivity index (χ1v) is 7.12. The van der Waals surface area contributed by atoms with Crippen molar-refractivity contribution < 1.29 is 14.3 Å². The van der Waals surface area contributed by atoms with Gasteiger partial charge in [0.15, 0.2) is 0 Å². The van der Waals surface area contributed by atoms with Gasteiger partial charge in [0.2, 0.25) is 0 Å². The van der Waals surface area contributed by atoms with Crippen molar-refractivity contribution in [3.63, 3.8) is 0 Å². The Bertz CT molecular complexity index is 469. The molecule has 1 aliphatic heterocycles. The van der Waals surface area contributed by atoms with E-state index in [0.717, 1.165) is 24.0 Å². The summed E-state index contributed by atoms with van der Waals surface area (Å²) >= 11 is 0. The van der Waals surface area contributed by atoms with E-state index < -0.39 is 0 Å². The van der Waals surface area contributed by atoms with Crippen molar-refractivity contribution >= 4 is 5.97 Å². The maximum atomic E-state index is 12.1. The van der Waals surface area contributed by atoms with E-state index in [4.69, 9.17) is 9.47 Å².